The van der Waals surface area contributed by atoms with Gasteiger partial charge < -0.3 is 5.73 Å². The second-order valence-corrected chi connectivity index (χ2v) is 6.56. The van der Waals surface area contributed by atoms with Crippen molar-refractivity contribution in [2.24, 2.45) is 11.7 Å². The summed E-state index contributed by atoms with van der Waals surface area (Å²) in [6, 6.07) is 5.67. The van der Waals surface area contributed by atoms with Crippen molar-refractivity contribution in [1.29, 1.82) is 0 Å². The minimum atomic E-state index is -0.119. The van der Waals surface area contributed by atoms with Crippen LogP contribution in [-0.2, 0) is 6.54 Å². The molecule has 0 heterocycles. The summed E-state index contributed by atoms with van der Waals surface area (Å²) >= 11 is 3.42. The molecule has 1 aromatic carbocycles. The van der Waals surface area contributed by atoms with Crippen molar-refractivity contribution >= 4 is 15.9 Å². The van der Waals surface area contributed by atoms with Crippen molar-refractivity contribution in [3.63, 3.8) is 0 Å². The van der Waals surface area contributed by atoms with Gasteiger partial charge in [-0.15, -0.1) is 0 Å². The molecule has 112 valence electrons. The number of halogens is 2. The van der Waals surface area contributed by atoms with Crippen LogP contribution in [0.15, 0.2) is 22.7 Å². The van der Waals surface area contributed by atoms with E-state index in [1.54, 1.807) is 6.07 Å². The Morgan fingerprint density at radius 3 is 2.80 bits per heavy atom. The van der Waals surface area contributed by atoms with Crippen LogP contribution < -0.4 is 5.73 Å². The molecule has 0 bridgehead atoms. The standard InChI is InChI=1S/C16H24BrFN2/c1-2-20(16-6-4-3-5-12(16)10-19)11-13-9-14(17)7-8-15(13)18/h7-9,12,16H,2-6,10-11,19H2,1H3. The molecule has 1 aliphatic rings. The van der Waals surface area contributed by atoms with Gasteiger partial charge in [0.15, 0.2) is 0 Å². The SMILES string of the molecule is CCN(Cc1cc(Br)ccc1F)C1CCCCC1CN. The van der Waals surface area contributed by atoms with Crippen LogP contribution in [0.1, 0.15) is 38.2 Å². The van der Waals surface area contributed by atoms with Gasteiger partial charge in [0.25, 0.3) is 0 Å². The molecule has 0 amide bonds. The van der Waals surface area contributed by atoms with E-state index in [1.807, 2.05) is 6.07 Å². The molecule has 1 saturated carbocycles. The molecule has 0 radical (unpaired) electrons. The maximum atomic E-state index is 13.9. The Labute approximate surface area is 129 Å². The average Bonchev–Trinajstić information content (AvgIpc) is 2.48. The molecule has 2 unspecified atom stereocenters. The molecule has 0 saturated heterocycles. The van der Waals surface area contributed by atoms with Gasteiger partial charge in [-0.1, -0.05) is 35.7 Å². The molecular formula is C16H24BrFN2. The first-order valence-corrected chi connectivity index (χ1v) is 8.33. The van der Waals surface area contributed by atoms with E-state index in [4.69, 9.17) is 5.73 Å². The molecule has 0 spiro atoms. The first kappa shape index (κ1) is 15.9. The van der Waals surface area contributed by atoms with Crippen molar-refractivity contribution in [1.82, 2.24) is 4.90 Å². The van der Waals surface area contributed by atoms with Crippen molar-refractivity contribution < 1.29 is 4.39 Å². The van der Waals surface area contributed by atoms with Crippen LogP contribution >= 0.6 is 15.9 Å². The summed E-state index contributed by atoms with van der Waals surface area (Å²) in [5.41, 5.74) is 6.69. The average molecular weight is 343 g/mol. The molecule has 4 heteroatoms. The first-order chi connectivity index (χ1) is 9.65. The van der Waals surface area contributed by atoms with E-state index in [-0.39, 0.29) is 5.82 Å². The number of nitrogens with zero attached hydrogens (tertiary/aromatic N) is 1. The van der Waals surface area contributed by atoms with Gasteiger partial charge in [0.1, 0.15) is 5.82 Å². The van der Waals surface area contributed by atoms with Crippen LogP contribution in [0.2, 0.25) is 0 Å². The Kier molecular flexibility index (Phi) is 6.00. The predicted octanol–water partition coefficient (Wildman–Crippen LogP) is 3.93. The third kappa shape index (κ3) is 3.80. The lowest BCUT2D eigenvalue weighted by atomic mass is 9.83. The molecule has 20 heavy (non-hydrogen) atoms. The minimum absolute atomic E-state index is 0.119. The molecule has 0 aromatic heterocycles. The van der Waals surface area contributed by atoms with Gasteiger partial charge in [-0.25, -0.2) is 4.39 Å². The van der Waals surface area contributed by atoms with Gasteiger partial charge in [-0.2, -0.15) is 0 Å². The Morgan fingerprint density at radius 2 is 2.10 bits per heavy atom. The second kappa shape index (κ2) is 7.53. The van der Waals surface area contributed by atoms with Gasteiger partial charge in [0.2, 0.25) is 0 Å². The van der Waals surface area contributed by atoms with Crippen LogP contribution in [0.3, 0.4) is 0 Å². The Balaban J connectivity index is 2.13. The van der Waals surface area contributed by atoms with Gasteiger partial charge in [0, 0.05) is 22.6 Å². The summed E-state index contributed by atoms with van der Waals surface area (Å²) in [6.45, 7) is 4.50. The molecule has 1 fully saturated rings. The zero-order valence-electron chi connectivity index (χ0n) is 12.1. The normalized spacial score (nSPS) is 23.2. The highest BCUT2D eigenvalue weighted by molar-refractivity contribution is 9.10. The lowest BCUT2D eigenvalue weighted by Crippen LogP contribution is -2.44. The summed E-state index contributed by atoms with van der Waals surface area (Å²) in [4.78, 5) is 2.39. The number of rotatable bonds is 5. The molecular weight excluding hydrogens is 319 g/mol. The van der Waals surface area contributed by atoms with Crippen molar-refractivity contribution in [2.45, 2.75) is 45.2 Å². The fraction of sp³-hybridized carbons (Fsp3) is 0.625. The molecule has 2 rings (SSSR count). The summed E-state index contributed by atoms with van der Waals surface area (Å²) in [7, 11) is 0. The maximum Gasteiger partial charge on any atom is 0.127 e. The lowest BCUT2D eigenvalue weighted by molar-refractivity contribution is 0.104. The first-order valence-electron chi connectivity index (χ1n) is 7.53. The van der Waals surface area contributed by atoms with Gasteiger partial charge in [0.05, 0.1) is 0 Å². The Bertz CT molecular complexity index is 438. The highest BCUT2D eigenvalue weighted by Crippen LogP contribution is 2.29. The van der Waals surface area contributed by atoms with Crippen LogP contribution in [0.4, 0.5) is 4.39 Å². The Morgan fingerprint density at radius 1 is 1.35 bits per heavy atom. The highest BCUT2D eigenvalue weighted by Gasteiger charge is 2.28. The highest BCUT2D eigenvalue weighted by atomic mass is 79.9. The molecule has 2 atom stereocenters. The number of benzene rings is 1. The van der Waals surface area contributed by atoms with E-state index in [2.05, 4.69) is 27.8 Å². The molecule has 1 aromatic rings. The van der Waals surface area contributed by atoms with Crippen molar-refractivity contribution in [3.8, 4) is 0 Å². The topological polar surface area (TPSA) is 29.3 Å². The van der Waals surface area contributed by atoms with Crippen LogP contribution in [0, 0.1) is 11.7 Å². The fourth-order valence-electron chi connectivity index (χ4n) is 3.29. The van der Waals surface area contributed by atoms with E-state index >= 15 is 0 Å². The van der Waals surface area contributed by atoms with Crippen molar-refractivity contribution in [3.05, 3.63) is 34.1 Å². The van der Waals surface area contributed by atoms with E-state index < -0.39 is 0 Å². The van der Waals surface area contributed by atoms with Gasteiger partial charge in [-0.3, -0.25) is 4.90 Å². The summed E-state index contributed by atoms with van der Waals surface area (Å²) < 4.78 is 14.9. The monoisotopic (exact) mass is 342 g/mol. The molecule has 2 nitrogen and oxygen atoms in total. The van der Waals surface area contributed by atoms with Crippen LogP contribution in [0.5, 0.6) is 0 Å². The smallest absolute Gasteiger partial charge is 0.127 e. The molecule has 2 N–H and O–H groups in total. The van der Waals surface area contributed by atoms with E-state index in [1.165, 1.54) is 31.7 Å². The summed E-state index contributed by atoms with van der Waals surface area (Å²) in [5, 5.41) is 0. The fourth-order valence-corrected chi connectivity index (χ4v) is 3.70. The summed E-state index contributed by atoms with van der Waals surface area (Å²) in [5.74, 6) is 0.436. The lowest BCUT2D eigenvalue weighted by Gasteiger charge is -2.39. The van der Waals surface area contributed by atoms with E-state index in [0.717, 1.165) is 23.1 Å². The summed E-state index contributed by atoms with van der Waals surface area (Å²) in [6.07, 6.45) is 4.93. The quantitative estimate of drug-likeness (QED) is 0.878. The third-order valence-corrected chi connectivity index (χ3v) is 4.92. The molecule has 0 aliphatic heterocycles. The van der Waals surface area contributed by atoms with Gasteiger partial charge in [-0.05, 0) is 50.0 Å². The molecule has 1 aliphatic carbocycles. The zero-order valence-corrected chi connectivity index (χ0v) is 13.7. The number of hydrogen-bond acceptors (Lipinski definition) is 2. The second-order valence-electron chi connectivity index (χ2n) is 5.65. The zero-order chi connectivity index (χ0) is 14.5. The van der Waals surface area contributed by atoms with E-state index in [0.29, 0.717) is 18.5 Å². The van der Waals surface area contributed by atoms with E-state index in [9.17, 15) is 4.39 Å². The number of hydrogen-bond donors (Lipinski definition) is 1. The van der Waals surface area contributed by atoms with Crippen molar-refractivity contribution in [2.75, 3.05) is 13.1 Å². The maximum absolute atomic E-state index is 13.9. The van der Waals surface area contributed by atoms with Crippen LogP contribution in [0.25, 0.3) is 0 Å². The largest absolute Gasteiger partial charge is 0.330 e. The van der Waals surface area contributed by atoms with Crippen LogP contribution in [-0.4, -0.2) is 24.0 Å². The Hall–Kier alpha value is -0.450. The predicted molar refractivity (Wildman–Crippen MR) is 85.0 cm³/mol. The van der Waals surface area contributed by atoms with Gasteiger partial charge >= 0.3 is 0 Å². The number of nitrogens with two attached hydrogens (primary N) is 1. The minimum Gasteiger partial charge on any atom is -0.330 e. The third-order valence-electron chi connectivity index (χ3n) is 4.43.